The predicted molar refractivity (Wildman–Crippen MR) is 108 cm³/mol. The van der Waals surface area contributed by atoms with Gasteiger partial charge < -0.3 is 20.7 Å². The van der Waals surface area contributed by atoms with Gasteiger partial charge in [0.05, 0.1) is 17.5 Å². The van der Waals surface area contributed by atoms with Gasteiger partial charge in [-0.2, -0.15) is 4.98 Å². The van der Waals surface area contributed by atoms with E-state index in [2.05, 4.69) is 20.9 Å². The fraction of sp³-hybridized carbons (Fsp3) is 0.333. The lowest BCUT2D eigenvalue weighted by Crippen LogP contribution is -2.35. The molecule has 0 saturated carbocycles. The van der Waals surface area contributed by atoms with Crippen LogP contribution in [0.2, 0.25) is 5.02 Å². The number of ether oxygens (including phenoxy) is 1. The lowest BCUT2D eigenvalue weighted by molar-refractivity contribution is 0.415. The largest absolute Gasteiger partial charge is 0.495 e. The molecule has 1 saturated heterocycles. The van der Waals surface area contributed by atoms with E-state index in [1.54, 1.807) is 18.4 Å². The van der Waals surface area contributed by atoms with Crippen LogP contribution in [0.25, 0.3) is 10.2 Å². The number of anilines is 3. The monoisotopic (exact) mass is 389 g/mol. The van der Waals surface area contributed by atoms with Gasteiger partial charge in [-0.25, -0.2) is 4.98 Å². The molecule has 0 aliphatic carbocycles. The van der Waals surface area contributed by atoms with E-state index >= 15 is 0 Å². The number of nitrogens with zero attached hydrogens (tertiary/aromatic N) is 2. The Morgan fingerprint density at radius 3 is 2.88 bits per heavy atom. The first kappa shape index (κ1) is 17.3. The van der Waals surface area contributed by atoms with Gasteiger partial charge in [0, 0.05) is 17.8 Å². The molecule has 6 nitrogen and oxygen atoms in total. The lowest BCUT2D eigenvalue weighted by atomic mass is 10.1. The third-order valence-electron chi connectivity index (χ3n) is 4.41. The Bertz CT molecular complexity index is 910. The topological polar surface area (TPSA) is 71.1 Å². The zero-order chi connectivity index (χ0) is 17.9. The average Bonchev–Trinajstić information content (AvgIpc) is 3.13. The summed E-state index contributed by atoms with van der Waals surface area (Å²) < 4.78 is 5.30. The average molecular weight is 390 g/mol. The quantitative estimate of drug-likeness (QED) is 0.605. The standard InChI is InChI=1S/C18H20ClN5OS/c1-25-15-10-12(2-3-14(15)19)21-16-13-6-9-26-17(13)24-18(23-16)22-11-4-7-20-8-5-11/h2-3,6,9-11,20H,4-5,7-8H2,1H3,(H2,21,22,23,24). The minimum Gasteiger partial charge on any atom is -0.495 e. The van der Waals surface area contributed by atoms with Crippen molar-refractivity contribution in [3.63, 3.8) is 0 Å². The molecule has 3 aromatic rings. The number of aromatic nitrogens is 2. The number of benzene rings is 1. The number of halogens is 1. The maximum absolute atomic E-state index is 6.12. The van der Waals surface area contributed by atoms with Crippen molar-refractivity contribution < 1.29 is 4.74 Å². The first-order valence-corrected chi connectivity index (χ1v) is 9.82. The first-order chi connectivity index (χ1) is 12.7. The van der Waals surface area contributed by atoms with E-state index in [0.717, 1.165) is 47.7 Å². The van der Waals surface area contributed by atoms with Crippen molar-refractivity contribution in [2.75, 3.05) is 30.8 Å². The molecule has 4 rings (SSSR count). The van der Waals surface area contributed by atoms with Gasteiger partial charge in [-0.05, 0) is 49.5 Å². The van der Waals surface area contributed by atoms with Crippen LogP contribution in [0.4, 0.5) is 17.5 Å². The number of rotatable bonds is 5. The molecular formula is C18H20ClN5OS. The van der Waals surface area contributed by atoms with E-state index in [0.29, 0.717) is 22.8 Å². The number of thiophene rings is 1. The van der Waals surface area contributed by atoms with Gasteiger partial charge in [-0.1, -0.05) is 11.6 Å². The molecule has 3 heterocycles. The molecule has 0 unspecified atom stereocenters. The number of hydrogen-bond acceptors (Lipinski definition) is 7. The van der Waals surface area contributed by atoms with Crippen molar-refractivity contribution in [3.8, 4) is 5.75 Å². The number of methoxy groups -OCH3 is 1. The van der Waals surface area contributed by atoms with Crippen LogP contribution in [0, 0.1) is 0 Å². The van der Waals surface area contributed by atoms with Gasteiger partial charge in [0.25, 0.3) is 0 Å². The van der Waals surface area contributed by atoms with Crippen LogP contribution < -0.4 is 20.7 Å². The summed E-state index contributed by atoms with van der Waals surface area (Å²) in [5, 5.41) is 13.8. The maximum Gasteiger partial charge on any atom is 0.226 e. The Morgan fingerprint density at radius 2 is 2.08 bits per heavy atom. The fourth-order valence-electron chi connectivity index (χ4n) is 3.04. The van der Waals surface area contributed by atoms with Gasteiger partial charge in [0.2, 0.25) is 5.95 Å². The molecule has 136 valence electrons. The van der Waals surface area contributed by atoms with Gasteiger partial charge in [-0.3, -0.25) is 0 Å². The van der Waals surface area contributed by atoms with Crippen LogP contribution in [0.1, 0.15) is 12.8 Å². The lowest BCUT2D eigenvalue weighted by Gasteiger charge is -2.23. The Labute approximate surface area is 161 Å². The van der Waals surface area contributed by atoms with Gasteiger partial charge >= 0.3 is 0 Å². The molecule has 1 aromatic carbocycles. The van der Waals surface area contributed by atoms with Crippen LogP contribution in [-0.2, 0) is 0 Å². The summed E-state index contributed by atoms with van der Waals surface area (Å²) in [4.78, 5) is 10.3. The fourth-order valence-corrected chi connectivity index (χ4v) is 4.00. The minimum atomic E-state index is 0.400. The van der Waals surface area contributed by atoms with Crippen molar-refractivity contribution in [3.05, 3.63) is 34.7 Å². The number of piperidine rings is 1. The van der Waals surface area contributed by atoms with Crippen molar-refractivity contribution in [2.24, 2.45) is 0 Å². The second-order valence-corrected chi connectivity index (χ2v) is 7.48. The molecule has 0 atom stereocenters. The second kappa shape index (κ2) is 7.65. The Morgan fingerprint density at radius 1 is 1.23 bits per heavy atom. The highest BCUT2D eigenvalue weighted by molar-refractivity contribution is 7.16. The second-order valence-electron chi connectivity index (χ2n) is 6.18. The van der Waals surface area contributed by atoms with Gasteiger partial charge in [0.15, 0.2) is 0 Å². The van der Waals surface area contributed by atoms with Crippen molar-refractivity contribution in [2.45, 2.75) is 18.9 Å². The number of fused-ring (bicyclic) bond motifs is 1. The molecule has 1 aliphatic heterocycles. The molecule has 0 amide bonds. The molecule has 0 spiro atoms. The molecule has 1 fully saturated rings. The SMILES string of the molecule is COc1cc(Nc2nc(NC3CCNCC3)nc3sccc23)ccc1Cl. The van der Waals surface area contributed by atoms with Gasteiger partial charge in [0.1, 0.15) is 16.4 Å². The van der Waals surface area contributed by atoms with Crippen molar-refractivity contribution in [1.29, 1.82) is 0 Å². The van der Waals surface area contributed by atoms with E-state index in [4.69, 9.17) is 21.3 Å². The summed E-state index contributed by atoms with van der Waals surface area (Å²) in [5.41, 5.74) is 0.866. The van der Waals surface area contributed by atoms with E-state index < -0.39 is 0 Å². The van der Waals surface area contributed by atoms with Gasteiger partial charge in [-0.15, -0.1) is 11.3 Å². The zero-order valence-corrected chi connectivity index (χ0v) is 16.0. The maximum atomic E-state index is 6.12. The van der Waals surface area contributed by atoms with E-state index in [9.17, 15) is 0 Å². The summed E-state index contributed by atoms with van der Waals surface area (Å²) in [6.07, 6.45) is 2.14. The molecule has 0 radical (unpaired) electrons. The van der Waals surface area contributed by atoms with E-state index in [1.807, 2.05) is 29.6 Å². The van der Waals surface area contributed by atoms with Crippen LogP contribution >= 0.6 is 22.9 Å². The summed E-state index contributed by atoms with van der Waals surface area (Å²) in [6.45, 7) is 2.04. The molecule has 26 heavy (non-hydrogen) atoms. The molecule has 3 N–H and O–H groups in total. The molecule has 8 heteroatoms. The van der Waals surface area contributed by atoms with E-state index in [1.165, 1.54) is 0 Å². The van der Waals surface area contributed by atoms with E-state index in [-0.39, 0.29) is 0 Å². The third kappa shape index (κ3) is 3.70. The smallest absolute Gasteiger partial charge is 0.226 e. The summed E-state index contributed by atoms with van der Waals surface area (Å²) in [7, 11) is 1.60. The van der Waals surface area contributed by atoms with Crippen LogP contribution in [0.15, 0.2) is 29.6 Å². The number of hydrogen-bond donors (Lipinski definition) is 3. The normalized spacial score (nSPS) is 15.2. The molecular weight excluding hydrogens is 370 g/mol. The zero-order valence-electron chi connectivity index (χ0n) is 14.4. The highest BCUT2D eigenvalue weighted by Crippen LogP contribution is 2.32. The third-order valence-corrected chi connectivity index (χ3v) is 5.53. The first-order valence-electron chi connectivity index (χ1n) is 8.56. The summed E-state index contributed by atoms with van der Waals surface area (Å²) >= 11 is 7.73. The van der Waals surface area contributed by atoms with Crippen molar-refractivity contribution >= 4 is 50.6 Å². The minimum absolute atomic E-state index is 0.400. The Balaban J connectivity index is 1.64. The molecule has 2 aromatic heterocycles. The molecule has 1 aliphatic rings. The Kier molecular flexibility index (Phi) is 5.10. The summed E-state index contributed by atoms with van der Waals surface area (Å²) in [5.74, 6) is 2.06. The highest BCUT2D eigenvalue weighted by atomic mass is 35.5. The van der Waals surface area contributed by atoms with Crippen LogP contribution in [0.5, 0.6) is 5.75 Å². The number of nitrogens with one attached hydrogen (secondary N) is 3. The predicted octanol–water partition coefficient (Wildman–Crippen LogP) is 4.26. The van der Waals surface area contributed by atoms with Crippen LogP contribution in [-0.4, -0.2) is 36.2 Å². The highest BCUT2D eigenvalue weighted by Gasteiger charge is 2.16. The molecule has 0 bridgehead atoms. The Hall–Kier alpha value is -2.09. The van der Waals surface area contributed by atoms with Crippen molar-refractivity contribution in [1.82, 2.24) is 15.3 Å². The summed E-state index contributed by atoms with van der Waals surface area (Å²) in [6, 6.07) is 8.01. The van der Waals surface area contributed by atoms with Crippen LogP contribution in [0.3, 0.4) is 0 Å².